The molecule has 0 bridgehead atoms. The number of hydrogen-bond donors (Lipinski definition) is 1. The van der Waals surface area contributed by atoms with Gasteiger partial charge in [0.25, 0.3) is 0 Å². The molecular weight excluding hydrogens is 330 g/mol. The van der Waals surface area contributed by atoms with Gasteiger partial charge in [-0.25, -0.2) is 0 Å². The third kappa shape index (κ3) is 3.30. The molecule has 26 heavy (non-hydrogen) atoms. The van der Waals surface area contributed by atoms with Crippen molar-refractivity contribution in [1.29, 1.82) is 0 Å². The van der Waals surface area contributed by atoms with Crippen molar-refractivity contribution in [2.24, 2.45) is 0 Å². The molecular formula is C18H21N7O. The molecule has 0 atom stereocenters. The average molecular weight is 351 g/mol. The number of amides is 1. The fourth-order valence-electron chi connectivity index (χ4n) is 3.12. The van der Waals surface area contributed by atoms with Crippen LogP contribution in [0.25, 0.3) is 5.65 Å². The first-order valence-corrected chi connectivity index (χ1v) is 8.71. The van der Waals surface area contributed by atoms with Gasteiger partial charge in [0.15, 0.2) is 11.5 Å². The van der Waals surface area contributed by atoms with Crippen LogP contribution in [0.1, 0.15) is 5.82 Å². The number of carbonyl (C=O) groups is 1. The minimum atomic E-state index is 0.0834. The number of para-hydroxylation sites is 1. The summed E-state index contributed by atoms with van der Waals surface area (Å²) in [4.78, 5) is 16.7. The predicted molar refractivity (Wildman–Crippen MR) is 99.2 cm³/mol. The lowest BCUT2D eigenvalue weighted by molar-refractivity contribution is -0.129. The van der Waals surface area contributed by atoms with E-state index in [1.165, 1.54) is 5.69 Å². The van der Waals surface area contributed by atoms with Gasteiger partial charge in [0.05, 0.1) is 6.54 Å². The minimum absolute atomic E-state index is 0.0834. The van der Waals surface area contributed by atoms with Gasteiger partial charge in [0.1, 0.15) is 5.82 Å². The van der Waals surface area contributed by atoms with E-state index in [4.69, 9.17) is 0 Å². The Morgan fingerprint density at radius 1 is 1.04 bits per heavy atom. The first-order chi connectivity index (χ1) is 12.7. The quantitative estimate of drug-likeness (QED) is 0.761. The number of carbonyl (C=O) groups excluding carboxylic acids is 1. The van der Waals surface area contributed by atoms with E-state index in [2.05, 4.69) is 37.6 Å². The van der Waals surface area contributed by atoms with Crippen LogP contribution in [-0.4, -0.2) is 63.3 Å². The van der Waals surface area contributed by atoms with Gasteiger partial charge in [-0.15, -0.1) is 15.3 Å². The van der Waals surface area contributed by atoms with Crippen LogP contribution in [0.3, 0.4) is 0 Å². The normalized spacial score (nSPS) is 14.7. The zero-order chi connectivity index (χ0) is 17.9. The fraction of sp³-hybridized carbons (Fsp3) is 0.333. The molecule has 0 spiro atoms. The molecule has 0 unspecified atom stereocenters. The third-order valence-electron chi connectivity index (χ3n) is 4.59. The summed E-state index contributed by atoms with van der Waals surface area (Å²) in [6.45, 7) is 5.22. The Hall–Kier alpha value is -3.16. The van der Waals surface area contributed by atoms with Crippen molar-refractivity contribution in [2.45, 2.75) is 6.92 Å². The topological polar surface area (TPSA) is 78.7 Å². The predicted octanol–water partition coefficient (Wildman–Crippen LogP) is 1.19. The number of rotatable bonds is 4. The Morgan fingerprint density at radius 2 is 1.81 bits per heavy atom. The molecule has 4 rings (SSSR count). The molecule has 3 heterocycles. The molecule has 0 saturated carbocycles. The Balaban J connectivity index is 1.32. The fourth-order valence-corrected chi connectivity index (χ4v) is 3.12. The Kier molecular flexibility index (Phi) is 4.39. The van der Waals surface area contributed by atoms with Gasteiger partial charge in [-0.3, -0.25) is 4.79 Å². The maximum atomic E-state index is 12.5. The standard InChI is InChI=1S/C18H21N7O/c1-14-20-21-17-8-7-16(22-25(14)17)19-13-18(26)24-11-9-23(10-12-24)15-5-3-2-4-6-15/h2-8H,9-13H2,1H3,(H,19,22). The SMILES string of the molecule is Cc1nnc2ccc(NCC(=O)N3CCN(c4ccccc4)CC3)nn12. The number of hydrogen-bond acceptors (Lipinski definition) is 6. The molecule has 8 heteroatoms. The van der Waals surface area contributed by atoms with Crippen molar-refractivity contribution < 1.29 is 4.79 Å². The summed E-state index contributed by atoms with van der Waals surface area (Å²) >= 11 is 0. The molecule has 8 nitrogen and oxygen atoms in total. The molecule has 1 aliphatic rings. The highest BCUT2D eigenvalue weighted by Gasteiger charge is 2.21. The van der Waals surface area contributed by atoms with Crippen LogP contribution >= 0.6 is 0 Å². The molecule has 1 N–H and O–H groups in total. The monoisotopic (exact) mass is 351 g/mol. The maximum Gasteiger partial charge on any atom is 0.242 e. The van der Waals surface area contributed by atoms with Gasteiger partial charge in [-0.05, 0) is 31.2 Å². The van der Waals surface area contributed by atoms with E-state index in [1.54, 1.807) is 4.52 Å². The number of anilines is 2. The summed E-state index contributed by atoms with van der Waals surface area (Å²) in [6, 6.07) is 13.9. The van der Waals surface area contributed by atoms with E-state index >= 15 is 0 Å². The summed E-state index contributed by atoms with van der Waals surface area (Å²) < 4.78 is 1.66. The van der Waals surface area contributed by atoms with Crippen molar-refractivity contribution in [2.75, 3.05) is 42.9 Å². The smallest absolute Gasteiger partial charge is 0.242 e. The van der Waals surface area contributed by atoms with Crippen LogP contribution in [0, 0.1) is 6.92 Å². The zero-order valence-corrected chi connectivity index (χ0v) is 14.7. The Morgan fingerprint density at radius 3 is 2.58 bits per heavy atom. The van der Waals surface area contributed by atoms with E-state index in [-0.39, 0.29) is 12.5 Å². The van der Waals surface area contributed by atoms with Gasteiger partial charge >= 0.3 is 0 Å². The summed E-state index contributed by atoms with van der Waals surface area (Å²) in [7, 11) is 0. The van der Waals surface area contributed by atoms with Crippen LogP contribution < -0.4 is 10.2 Å². The molecule has 1 aliphatic heterocycles. The summed E-state index contributed by atoms with van der Waals surface area (Å²) in [5.74, 6) is 1.43. The van der Waals surface area contributed by atoms with Crippen molar-refractivity contribution in [3.05, 3.63) is 48.3 Å². The first kappa shape index (κ1) is 16.3. The second-order valence-electron chi connectivity index (χ2n) is 6.29. The molecule has 134 valence electrons. The van der Waals surface area contributed by atoms with Gasteiger partial charge < -0.3 is 15.1 Å². The lowest BCUT2D eigenvalue weighted by atomic mass is 10.2. The highest BCUT2D eigenvalue weighted by molar-refractivity contribution is 5.81. The molecule has 1 fully saturated rings. The second kappa shape index (κ2) is 6.99. The molecule has 3 aromatic rings. The van der Waals surface area contributed by atoms with Crippen LogP contribution in [-0.2, 0) is 4.79 Å². The largest absolute Gasteiger partial charge is 0.368 e. The molecule has 1 aromatic carbocycles. The van der Waals surface area contributed by atoms with Crippen molar-refractivity contribution in [1.82, 2.24) is 24.7 Å². The number of nitrogens with zero attached hydrogens (tertiary/aromatic N) is 6. The van der Waals surface area contributed by atoms with Gasteiger partial charge in [-0.2, -0.15) is 4.52 Å². The highest BCUT2D eigenvalue weighted by atomic mass is 16.2. The molecule has 1 saturated heterocycles. The Bertz CT molecular complexity index is 900. The van der Waals surface area contributed by atoms with Crippen molar-refractivity contribution in [3.8, 4) is 0 Å². The number of benzene rings is 1. The summed E-state index contributed by atoms with van der Waals surface area (Å²) in [5.41, 5.74) is 1.90. The maximum absolute atomic E-state index is 12.5. The number of aromatic nitrogens is 4. The van der Waals surface area contributed by atoms with Gasteiger partial charge in [0, 0.05) is 31.9 Å². The van der Waals surface area contributed by atoms with E-state index in [0.717, 1.165) is 26.2 Å². The number of piperazine rings is 1. The summed E-state index contributed by atoms with van der Waals surface area (Å²) in [5, 5.41) is 15.5. The second-order valence-corrected chi connectivity index (χ2v) is 6.29. The van der Waals surface area contributed by atoms with Gasteiger partial charge in [-0.1, -0.05) is 18.2 Å². The first-order valence-electron chi connectivity index (χ1n) is 8.71. The van der Waals surface area contributed by atoms with E-state index in [9.17, 15) is 4.79 Å². The van der Waals surface area contributed by atoms with E-state index in [1.807, 2.05) is 42.2 Å². The van der Waals surface area contributed by atoms with Crippen LogP contribution in [0.15, 0.2) is 42.5 Å². The molecule has 0 radical (unpaired) electrons. The molecule has 0 aliphatic carbocycles. The Labute approximate surface area is 151 Å². The van der Waals surface area contributed by atoms with E-state index in [0.29, 0.717) is 17.3 Å². The molecule has 1 amide bonds. The zero-order valence-electron chi connectivity index (χ0n) is 14.7. The number of fused-ring (bicyclic) bond motifs is 1. The number of aryl methyl sites for hydroxylation is 1. The van der Waals surface area contributed by atoms with E-state index < -0.39 is 0 Å². The third-order valence-corrected chi connectivity index (χ3v) is 4.59. The van der Waals surface area contributed by atoms with Crippen molar-refractivity contribution >= 4 is 23.1 Å². The lowest BCUT2D eigenvalue weighted by Gasteiger charge is -2.36. The number of nitrogens with one attached hydrogen (secondary N) is 1. The highest BCUT2D eigenvalue weighted by Crippen LogP contribution is 2.15. The average Bonchev–Trinajstić information content (AvgIpc) is 3.07. The van der Waals surface area contributed by atoms with Crippen LogP contribution in [0.2, 0.25) is 0 Å². The molecule has 2 aromatic heterocycles. The summed E-state index contributed by atoms with van der Waals surface area (Å²) in [6.07, 6.45) is 0. The van der Waals surface area contributed by atoms with Gasteiger partial charge in [0.2, 0.25) is 5.91 Å². The van der Waals surface area contributed by atoms with Crippen LogP contribution in [0.4, 0.5) is 11.5 Å². The van der Waals surface area contributed by atoms with Crippen molar-refractivity contribution in [3.63, 3.8) is 0 Å². The lowest BCUT2D eigenvalue weighted by Crippen LogP contribution is -2.50. The van der Waals surface area contributed by atoms with Crippen LogP contribution in [0.5, 0.6) is 0 Å². The minimum Gasteiger partial charge on any atom is -0.368 e.